The van der Waals surface area contributed by atoms with Gasteiger partial charge in [-0.05, 0) is 30.5 Å². The van der Waals surface area contributed by atoms with E-state index in [0.29, 0.717) is 12.3 Å². The molecule has 0 aliphatic heterocycles. The molecule has 0 spiro atoms. The quantitative estimate of drug-likeness (QED) is 0.907. The van der Waals surface area contributed by atoms with E-state index in [1.165, 1.54) is 6.07 Å². The zero-order valence-electron chi connectivity index (χ0n) is 12.4. The van der Waals surface area contributed by atoms with Gasteiger partial charge in [0, 0.05) is 23.7 Å². The maximum Gasteiger partial charge on any atom is 0.264 e. The molecular formula is C16H19N3O2. The van der Waals surface area contributed by atoms with Crippen LogP contribution in [-0.4, -0.2) is 16.1 Å². The number of aryl methyl sites for hydroxylation is 1. The molecule has 0 aliphatic rings. The van der Waals surface area contributed by atoms with Crippen molar-refractivity contribution in [2.24, 2.45) is 5.92 Å². The highest BCUT2D eigenvalue weighted by Crippen LogP contribution is 2.21. The van der Waals surface area contributed by atoms with Crippen LogP contribution in [0.5, 0.6) is 0 Å². The molecule has 5 heteroatoms. The van der Waals surface area contributed by atoms with Crippen molar-refractivity contribution in [3.63, 3.8) is 0 Å². The number of hydrogen-bond donors (Lipinski definition) is 2. The van der Waals surface area contributed by atoms with Crippen LogP contribution in [0.15, 0.2) is 35.1 Å². The number of H-pyrrole nitrogens is 1. The van der Waals surface area contributed by atoms with Crippen LogP contribution in [0.2, 0.25) is 0 Å². The van der Waals surface area contributed by atoms with Gasteiger partial charge in [-0.1, -0.05) is 26.0 Å². The topological polar surface area (TPSA) is 74.8 Å². The SMILES string of the molecule is Cc1cc(=O)[nH]nc1-c1ccc(NC(=O)CC(C)C)cc1. The first-order valence-electron chi connectivity index (χ1n) is 6.92. The Morgan fingerprint density at radius 1 is 1.29 bits per heavy atom. The number of amides is 1. The number of aromatic amines is 1. The number of nitrogens with zero attached hydrogens (tertiary/aromatic N) is 1. The molecule has 1 amide bonds. The molecule has 2 aromatic rings. The van der Waals surface area contributed by atoms with E-state index in [9.17, 15) is 9.59 Å². The summed E-state index contributed by atoms with van der Waals surface area (Å²) < 4.78 is 0. The van der Waals surface area contributed by atoms with Crippen molar-refractivity contribution in [1.82, 2.24) is 10.2 Å². The summed E-state index contributed by atoms with van der Waals surface area (Å²) >= 11 is 0. The van der Waals surface area contributed by atoms with Gasteiger partial charge in [0.05, 0.1) is 5.69 Å². The fraction of sp³-hybridized carbons (Fsp3) is 0.312. The molecular weight excluding hydrogens is 266 g/mol. The molecule has 0 saturated carbocycles. The van der Waals surface area contributed by atoms with Gasteiger partial charge in [-0.2, -0.15) is 5.10 Å². The second-order valence-electron chi connectivity index (χ2n) is 5.49. The molecule has 0 radical (unpaired) electrons. The van der Waals surface area contributed by atoms with Crippen molar-refractivity contribution < 1.29 is 4.79 Å². The lowest BCUT2D eigenvalue weighted by Crippen LogP contribution is -2.13. The van der Waals surface area contributed by atoms with E-state index in [-0.39, 0.29) is 11.5 Å². The third-order valence-corrected chi connectivity index (χ3v) is 3.03. The summed E-state index contributed by atoms with van der Waals surface area (Å²) in [5.41, 5.74) is 2.98. The second kappa shape index (κ2) is 6.35. The van der Waals surface area contributed by atoms with Gasteiger partial charge < -0.3 is 5.32 Å². The Balaban J connectivity index is 2.15. The molecule has 0 aliphatic carbocycles. The Labute approximate surface area is 123 Å². The molecule has 110 valence electrons. The monoisotopic (exact) mass is 285 g/mol. The van der Waals surface area contributed by atoms with E-state index in [1.54, 1.807) is 0 Å². The predicted molar refractivity (Wildman–Crippen MR) is 83.1 cm³/mol. The fourth-order valence-electron chi connectivity index (χ4n) is 2.08. The normalized spacial score (nSPS) is 10.7. The Hall–Kier alpha value is -2.43. The van der Waals surface area contributed by atoms with Crippen molar-refractivity contribution in [2.45, 2.75) is 27.2 Å². The van der Waals surface area contributed by atoms with E-state index in [2.05, 4.69) is 15.5 Å². The van der Waals surface area contributed by atoms with Crippen molar-refractivity contribution in [3.8, 4) is 11.3 Å². The van der Waals surface area contributed by atoms with Crippen LogP contribution in [0.1, 0.15) is 25.8 Å². The highest BCUT2D eigenvalue weighted by molar-refractivity contribution is 5.91. The highest BCUT2D eigenvalue weighted by atomic mass is 16.1. The van der Waals surface area contributed by atoms with E-state index in [1.807, 2.05) is 45.0 Å². The Morgan fingerprint density at radius 3 is 2.52 bits per heavy atom. The first-order valence-corrected chi connectivity index (χ1v) is 6.92. The molecule has 0 fully saturated rings. The minimum atomic E-state index is -0.214. The number of carbonyl (C=O) groups is 1. The highest BCUT2D eigenvalue weighted by Gasteiger charge is 2.07. The number of aromatic nitrogens is 2. The zero-order valence-corrected chi connectivity index (χ0v) is 12.4. The molecule has 5 nitrogen and oxygen atoms in total. The molecule has 2 rings (SSSR count). The molecule has 1 heterocycles. The predicted octanol–water partition coefficient (Wildman–Crippen LogP) is 2.73. The average Bonchev–Trinajstić information content (AvgIpc) is 2.39. The van der Waals surface area contributed by atoms with Crippen LogP contribution in [0.4, 0.5) is 5.69 Å². The number of rotatable bonds is 4. The number of hydrogen-bond acceptors (Lipinski definition) is 3. The van der Waals surface area contributed by atoms with Crippen molar-refractivity contribution >= 4 is 11.6 Å². The number of benzene rings is 1. The fourth-order valence-corrected chi connectivity index (χ4v) is 2.08. The first-order chi connectivity index (χ1) is 9.95. The van der Waals surface area contributed by atoms with Gasteiger partial charge in [0.2, 0.25) is 5.91 Å². The van der Waals surface area contributed by atoms with Crippen LogP contribution < -0.4 is 10.9 Å². The molecule has 2 N–H and O–H groups in total. The molecule has 0 atom stereocenters. The van der Waals surface area contributed by atoms with Gasteiger partial charge >= 0.3 is 0 Å². The molecule has 0 unspecified atom stereocenters. The molecule has 0 saturated heterocycles. The third-order valence-electron chi connectivity index (χ3n) is 3.03. The minimum absolute atomic E-state index is 0.0103. The zero-order chi connectivity index (χ0) is 15.4. The lowest BCUT2D eigenvalue weighted by atomic mass is 10.1. The van der Waals surface area contributed by atoms with Crippen LogP contribution in [0.25, 0.3) is 11.3 Å². The van der Waals surface area contributed by atoms with Crippen LogP contribution in [0, 0.1) is 12.8 Å². The lowest BCUT2D eigenvalue weighted by Gasteiger charge is -2.08. The summed E-state index contributed by atoms with van der Waals surface area (Å²) in [6.07, 6.45) is 0.502. The van der Waals surface area contributed by atoms with Crippen molar-refractivity contribution in [3.05, 3.63) is 46.2 Å². The number of nitrogens with one attached hydrogen (secondary N) is 2. The summed E-state index contributed by atoms with van der Waals surface area (Å²) in [6.45, 7) is 5.86. The summed E-state index contributed by atoms with van der Waals surface area (Å²) in [4.78, 5) is 22.9. The van der Waals surface area contributed by atoms with Gasteiger partial charge in [-0.15, -0.1) is 0 Å². The van der Waals surface area contributed by atoms with E-state index >= 15 is 0 Å². The van der Waals surface area contributed by atoms with Gasteiger partial charge in [-0.25, -0.2) is 5.10 Å². The van der Waals surface area contributed by atoms with Gasteiger partial charge in [0.25, 0.3) is 5.56 Å². The van der Waals surface area contributed by atoms with E-state index < -0.39 is 0 Å². The maximum absolute atomic E-state index is 11.7. The average molecular weight is 285 g/mol. The lowest BCUT2D eigenvalue weighted by molar-refractivity contribution is -0.116. The number of carbonyl (C=O) groups excluding carboxylic acids is 1. The van der Waals surface area contributed by atoms with Crippen LogP contribution in [0.3, 0.4) is 0 Å². The Morgan fingerprint density at radius 2 is 1.95 bits per heavy atom. The maximum atomic E-state index is 11.7. The minimum Gasteiger partial charge on any atom is -0.326 e. The smallest absolute Gasteiger partial charge is 0.264 e. The van der Waals surface area contributed by atoms with Crippen LogP contribution in [-0.2, 0) is 4.79 Å². The van der Waals surface area contributed by atoms with E-state index in [0.717, 1.165) is 22.5 Å². The summed E-state index contributed by atoms with van der Waals surface area (Å²) in [5, 5.41) is 9.34. The standard InChI is InChI=1S/C16H19N3O2/c1-10(2)8-14(20)17-13-6-4-12(5-7-13)16-11(3)9-15(21)18-19-16/h4-7,9-10H,8H2,1-3H3,(H,17,20)(H,18,21). The van der Waals surface area contributed by atoms with E-state index in [4.69, 9.17) is 0 Å². The summed E-state index contributed by atoms with van der Waals surface area (Å²) in [7, 11) is 0. The molecule has 1 aromatic carbocycles. The Bertz CT molecular complexity index is 687. The van der Waals surface area contributed by atoms with Crippen molar-refractivity contribution in [1.29, 1.82) is 0 Å². The number of anilines is 1. The van der Waals surface area contributed by atoms with Gasteiger partial charge in [0.1, 0.15) is 0 Å². The summed E-state index contributed by atoms with van der Waals surface area (Å²) in [5.74, 6) is 0.341. The van der Waals surface area contributed by atoms with Gasteiger partial charge in [-0.3, -0.25) is 9.59 Å². The molecule has 0 bridgehead atoms. The first kappa shape index (κ1) is 15.0. The largest absolute Gasteiger partial charge is 0.326 e. The second-order valence-corrected chi connectivity index (χ2v) is 5.49. The van der Waals surface area contributed by atoms with Crippen LogP contribution >= 0.6 is 0 Å². The van der Waals surface area contributed by atoms with Crippen molar-refractivity contribution in [2.75, 3.05) is 5.32 Å². The molecule has 21 heavy (non-hydrogen) atoms. The van der Waals surface area contributed by atoms with Gasteiger partial charge in [0.15, 0.2) is 0 Å². The summed E-state index contributed by atoms with van der Waals surface area (Å²) in [6, 6.07) is 8.93. The third kappa shape index (κ3) is 4.02. The molecule has 1 aromatic heterocycles. The Kier molecular flexibility index (Phi) is 4.52.